The molecular weight excluding hydrogens is 328 g/mol. The highest BCUT2D eigenvalue weighted by atomic mass is 16.5. The molecule has 0 fully saturated rings. The number of carbonyl (C=O) groups excluding carboxylic acids is 1. The van der Waals surface area contributed by atoms with Crippen LogP contribution in [-0.2, 0) is 16.6 Å². The minimum atomic E-state index is -0.150. The van der Waals surface area contributed by atoms with Crippen molar-refractivity contribution in [2.24, 2.45) is 0 Å². The van der Waals surface area contributed by atoms with Crippen LogP contribution in [0, 0.1) is 0 Å². The van der Waals surface area contributed by atoms with Crippen molar-refractivity contribution in [3.8, 4) is 5.75 Å². The standard InChI is InChI=1S/C20H24N4O2/c1-20(2,3)15-8-4-5-9-16(15)26-14-19(25)21-12-11-18-23-22-17-10-6-7-13-24(17)18/h4-10,13H,11-12,14H2,1-3H3,(H,21,25). The maximum absolute atomic E-state index is 12.1. The summed E-state index contributed by atoms with van der Waals surface area (Å²) in [5.74, 6) is 1.42. The van der Waals surface area contributed by atoms with Gasteiger partial charge in [-0.3, -0.25) is 9.20 Å². The molecule has 0 saturated heterocycles. The van der Waals surface area contributed by atoms with E-state index < -0.39 is 0 Å². The fourth-order valence-corrected chi connectivity index (χ4v) is 2.78. The highest BCUT2D eigenvalue weighted by Gasteiger charge is 2.18. The highest BCUT2D eigenvalue weighted by Crippen LogP contribution is 2.30. The minimum Gasteiger partial charge on any atom is -0.483 e. The number of carbonyl (C=O) groups is 1. The lowest BCUT2D eigenvalue weighted by atomic mass is 9.86. The van der Waals surface area contributed by atoms with E-state index in [2.05, 4.69) is 36.3 Å². The van der Waals surface area contributed by atoms with Crippen molar-refractivity contribution in [2.75, 3.05) is 13.2 Å². The Labute approximate surface area is 153 Å². The third kappa shape index (κ3) is 4.20. The van der Waals surface area contributed by atoms with Gasteiger partial charge in [0.05, 0.1) is 0 Å². The van der Waals surface area contributed by atoms with Gasteiger partial charge in [-0.05, 0) is 29.2 Å². The van der Waals surface area contributed by atoms with Crippen LogP contribution >= 0.6 is 0 Å². The Bertz CT molecular complexity index is 896. The molecule has 1 aromatic carbocycles. The largest absolute Gasteiger partial charge is 0.483 e. The van der Waals surface area contributed by atoms with Gasteiger partial charge < -0.3 is 10.1 Å². The molecule has 2 aromatic heterocycles. The summed E-state index contributed by atoms with van der Waals surface area (Å²) in [6.45, 7) is 6.85. The van der Waals surface area contributed by atoms with Crippen molar-refractivity contribution < 1.29 is 9.53 Å². The van der Waals surface area contributed by atoms with Crippen LogP contribution in [0.25, 0.3) is 5.65 Å². The molecule has 3 aromatic rings. The average molecular weight is 352 g/mol. The molecule has 0 unspecified atom stereocenters. The van der Waals surface area contributed by atoms with E-state index in [-0.39, 0.29) is 17.9 Å². The molecule has 0 bridgehead atoms. The molecule has 6 heteroatoms. The Morgan fingerprint density at radius 2 is 1.88 bits per heavy atom. The molecule has 0 radical (unpaired) electrons. The fraction of sp³-hybridized carbons (Fsp3) is 0.350. The first-order chi connectivity index (χ1) is 12.4. The summed E-state index contributed by atoms with van der Waals surface area (Å²) in [6.07, 6.45) is 2.52. The molecule has 3 rings (SSSR count). The number of rotatable bonds is 6. The maximum atomic E-state index is 12.1. The highest BCUT2D eigenvalue weighted by molar-refractivity contribution is 5.77. The summed E-state index contributed by atoms with van der Waals surface area (Å²) in [7, 11) is 0. The Balaban J connectivity index is 1.51. The third-order valence-electron chi connectivity index (χ3n) is 4.11. The van der Waals surface area contributed by atoms with Crippen molar-refractivity contribution in [3.05, 3.63) is 60.0 Å². The number of benzene rings is 1. The zero-order valence-corrected chi connectivity index (χ0v) is 15.4. The summed E-state index contributed by atoms with van der Waals surface area (Å²) >= 11 is 0. The average Bonchev–Trinajstić information content (AvgIpc) is 3.03. The summed E-state index contributed by atoms with van der Waals surface area (Å²) in [4.78, 5) is 12.1. The number of pyridine rings is 1. The summed E-state index contributed by atoms with van der Waals surface area (Å²) < 4.78 is 7.66. The number of para-hydroxylation sites is 1. The second-order valence-electron chi connectivity index (χ2n) is 7.18. The summed E-state index contributed by atoms with van der Waals surface area (Å²) in [6, 6.07) is 13.6. The maximum Gasteiger partial charge on any atom is 0.257 e. The molecule has 136 valence electrons. The van der Waals surface area contributed by atoms with Gasteiger partial charge in [0.2, 0.25) is 0 Å². The first-order valence-corrected chi connectivity index (χ1v) is 8.73. The lowest BCUT2D eigenvalue weighted by Crippen LogP contribution is -2.31. The molecule has 2 heterocycles. The van der Waals surface area contributed by atoms with E-state index in [0.717, 1.165) is 22.8 Å². The van der Waals surface area contributed by atoms with Crippen LogP contribution in [0.3, 0.4) is 0 Å². The van der Waals surface area contributed by atoms with Crippen molar-refractivity contribution >= 4 is 11.6 Å². The van der Waals surface area contributed by atoms with Gasteiger partial charge in [0.15, 0.2) is 12.3 Å². The Kier molecular flexibility index (Phi) is 5.21. The van der Waals surface area contributed by atoms with Gasteiger partial charge in [0.1, 0.15) is 11.6 Å². The number of amides is 1. The monoisotopic (exact) mass is 352 g/mol. The molecule has 0 aliphatic carbocycles. The number of nitrogens with zero attached hydrogens (tertiary/aromatic N) is 3. The van der Waals surface area contributed by atoms with Gasteiger partial charge in [-0.2, -0.15) is 0 Å². The smallest absolute Gasteiger partial charge is 0.257 e. The van der Waals surface area contributed by atoms with E-state index >= 15 is 0 Å². The van der Waals surface area contributed by atoms with Crippen LogP contribution in [0.4, 0.5) is 0 Å². The van der Waals surface area contributed by atoms with E-state index in [9.17, 15) is 4.79 Å². The first-order valence-electron chi connectivity index (χ1n) is 8.73. The zero-order chi connectivity index (χ0) is 18.6. The van der Waals surface area contributed by atoms with Gasteiger partial charge in [-0.25, -0.2) is 0 Å². The molecule has 1 N–H and O–H groups in total. The molecule has 0 spiro atoms. The van der Waals surface area contributed by atoms with Crippen LogP contribution in [-0.4, -0.2) is 33.7 Å². The molecule has 1 amide bonds. The number of hydrogen-bond acceptors (Lipinski definition) is 4. The zero-order valence-electron chi connectivity index (χ0n) is 15.4. The van der Waals surface area contributed by atoms with Gasteiger partial charge in [-0.15, -0.1) is 10.2 Å². The van der Waals surface area contributed by atoms with Crippen molar-refractivity contribution in [1.29, 1.82) is 0 Å². The van der Waals surface area contributed by atoms with Crippen LogP contribution in [0.15, 0.2) is 48.7 Å². The predicted molar refractivity (Wildman–Crippen MR) is 100 cm³/mol. The fourth-order valence-electron chi connectivity index (χ4n) is 2.78. The van der Waals surface area contributed by atoms with Gasteiger partial charge in [0, 0.05) is 19.2 Å². The number of fused-ring (bicyclic) bond motifs is 1. The van der Waals surface area contributed by atoms with Crippen LogP contribution < -0.4 is 10.1 Å². The van der Waals surface area contributed by atoms with E-state index in [4.69, 9.17) is 4.74 Å². The lowest BCUT2D eigenvalue weighted by molar-refractivity contribution is -0.123. The second kappa shape index (κ2) is 7.56. The van der Waals surface area contributed by atoms with Gasteiger partial charge in [0.25, 0.3) is 5.91 Å². The van der Waals surface area contributed by atoms with Crippen LogP contribution in [0.5, 0.6) is 5.75 Å². The Morgan fingerprint density at radius 3 is 2.69 bits per heavy atom. The number of ether oxygens (including phenoxy) is 1. The molecule has 0 aliphatic heterocycles. The predicted octanol–water partition coefficient (Wildman–Crippen LogP) is 2.76. The van der Waals surface area contributed by atoms with Gasteiger partial charge in [-0.1, -0.05) is 45.0 Å². The van der Waals surface area contributed by atoms with E-state index in [1.165, 1.54) is 0 Å². The van der Waals surface area contributed by atoms with Crippen molar-refractivity contribution in [3.63, 3.8) is 0 Å². The van der Waals surface area contributed by atoms with Crippen molar-refractivity contribution in [1.82, 2.24) is 19.9 Å². The lowest BCUT2D eigenvalue weighted by Gasteiger charge is -2.22. The number of aromatic nitrogens is 3. The Morgan fingerprint density at radius 1 is 1.12 bits per heavy atom. The summed E-state index contributed by atoms with van der Waals surface area (Å²) in [5, 5.41) is 11.1. The normalized spacial score (nSPS) is 11.5. The number of nitrogens with one attached hydrogen (secondary N) is 1. The molecule has 26 heavy (non-hydrogen) atoms. The van der Waals surface area contributed by atoms with E-state index in [1.54, 1.807) is 0 Å². The molecule has 6 nitrogen and oxygen atoms in total. The van der Waals surface area contributed by atoms with Crippen LogP contribution in [0.1, 0.15) is 32.2 Å². The number of hydrogen-bond donors (Lipinski definition) is 1. The SMILES string of the molecule is CC(C)(C)c1ccccc1OCC(=O)NCCc1nnc2ccccn12. The topological polar surface area (TPSA) is 68.5 Å². The third-order valence-corrected chi connectivity index (χ3v) is 4.11. The first kappa shape index (κ1) is 17.9. The molecular formula is C20H24N4O2. The molecule has 0 saturated carbocycles. The molecule has 0 aliphatic rings. The van der Waals surface area contributed by atoms with Crippen LogP contribution in [0.2, 0.25) is 0 Å². The minimum absolute atomic E-state index is 0.00628. The Hall–Kier alpha value is -2.89. The van der Waals surface area contributed by atoms with Gasteiger partial charge >= 0.3 is 0 Å². The summed E-state index contributed by atoms with van der Waals surface area (Å²) in [5.41, 5.74) is 1.85. The molecule has 0 atom stereocenters. The van der Waals surface area contributed by atoms with E-state index in [0.29, 0.717) is 13.0 Å². The quantitative estimate of drug-likeness (QED) is 0.741. The second-order valence-corrected chi connectivity index (χ2v) is 7.18. The van der Waals surface area contributed by atoms with Crippen molar-refractivity contribution in [2.45, 2.75) is 32.6 Å². The van der Waals surface area contributed by atoms with E-state index in [1.807, 2.05) is 53.1 Å².